The van der Waals surface area contributed by atoms with Crippen LogP contribution >= 0.6 is 0 Å². The van der Waals surface area contributed by atoms with Crippen LogP contribution in [0, 0.1) is 0 Å². The Labute approximate surface area is 111 Å². The molecule has 3 rings (SSSR count). The number of H-pyrrole nitrogens is 1. The summed E-state index contributed by atoms with van der Waals surface area (Å²) in [4.78, 5) is 11.5. The normalized spacial score (nSPS) is 14.2. The van der Waals surface area contributed by atoms with Crippen molar-refractivity contribution in [3.05, 3.63) is 51.3 Å². The number of rotatable bonds is 2. The van der Waals surface area contributed by atoms with Gasteiger partial charge in [0.05, 0.1) is 5.69 Å². The summed E-state index contributed by atoms with van der Waals surface area (Å²) >= 11 is 0. The van der Waals surface area contributed by atoms with E-state index in [9.17, 15) is 4.79 Å². The van der Waals surface area contributed by atoms with Gasteiger partial charge in [-0.15, -0.1) is 0 Å². The fourth-order valence-corrected chi connectivity index (χ4v) is 2.64. The number of fused-ring (bicyclic) bond motifs is 1. The first-order valence-corrected chi connectivity index (χ1v) is 6.69. The van der Waals surface area contributed by atoms with E-state index in [-0.39, 0.29) is 12.1 Å². The molecule has 98 valence electrons. The molecular formula is C15H17N3O. The van der Waals surface area contributed by atoms with Crippen LogP contribution in [0.5, 0.6) is 0 Å². The zero-order valence-electron chi connectivity index (χ0n) is 10.8. The quantitative estimate of drug-likeness (QED) is 0.859. The van der Waals surface area contributed by atoms with Gasteiger partial charge in [0.2, 0.25) is 0 Å². The van der Waals surface area contributed by atoms with Gasteiger partial charge in [-0.05, 0) is 48.9 Å². The highest BCUT2D eigenvalue weighted by molar-refractivity contribution is 5.61. The van der Waals surface area contributed by atoms with E-state index >= 15 is 0 Å². The smallest absolute Gasteiger partial charge is 0.268 e. The van der Waals surface area contributed by atoms with Gasteiger partial charge in [-0.2, -0.15) is 5.10 Å². The number of aromatic amines is 1. The number of nitrogens with zero attached hydrogens (tertiary/aromatic N) is 1. The van der Waals surface area contributed by atoms with Crippen LogP contribution in [-0.4, -0.2) is 10.2 Å². The SMILES string of the molecule is NCc1cc(-c2ccc3c(c2)CCCC3)n[nH]c1=O. The van der Waals surface area contributed by atoms with E-state index in [1.807, 2.05) is 0 Å². The van der Waals surface area contributed by atoms with Crippen LogP contribution in [0.2, 0.25) is 0 Å². The molecule has 0 saturated heterocycles. The molecule has 0 bridgehead atoms. The molecule has 0 fully saturated rings. The Morgan fingerprint density at radius 3 is 2.74 bits per heavy atom. The first-order chi connectivity index (χ1) is 9.28. The molecule has 0 radical (unpaired) electrons. The van der Waals surface area contributed by atoms with Gasteiger partial charge < -0.3 is 5.73 Å². The number of aryl methyl sites for hydroxylation is 2. The number of hydrogen-bond donors (Lipinski definition) is 2. The van der Waals surface area contributed by atoms with Crippen molar-refractivity contribution in [2.45, 2.75) is 32.2 Å². The molecule has 4 nitrogen and oxygen atoms in total. The number of hydrogen-bond acceptors (Lipinski definition) is 3. The second-order valence-corrected chi connectivity index (χ2v) is 5.00. The molecular weight excluding hydrogens is 238 g/mol. The van der Waals surface area contributed by atoms with E-state index in [1.165, 1.54) is 30.4 Å². The van der Waals surface area contributed by atoms with Gasteiger partial charge in [-0.3, -0.25) is 4.79 Å². The molecule has 1 aliphatic rings. The highest BCUT2D eigenvalue weighted by Gasteiger charge is 2.11. The summed E-state index contributed by atoms with van der Waals surface area (Å²) in [7, 11) is 0. The molecule has 3 N–H and O–H groups in total. The highest BCUT2D eigenvalue weighted by atomic mass is 16.1. The van der Waals surface area contributed by atoms with Crippen molar-refractivity contribution in [2.75, 3.05) is 0 Å². The van der Waals surface area contributed by atoms with E-state index in [0.717, 1.165) is 17.7 Å². The Morgan fingerprint density at radius 1 is 1.16 bits per heavy atom. The largest absolute Gasteiger partial charge is 0.326 e. The molecule has 0 spiro atoms. The summed E-state index contributed by atoms with van der Waals surface area (Å²) in [6, 6.07) is 8.22. The molecule has 0 atom stereocenters. The van der Waals surface area contributed by atoms with E-state index in [0.29, 0.717) is 5.56 Å². The summed E-state index contributed by atoms with van der Waals surface area (Å²) in [5.74, 6) is 0. The first-order valence-electron chi connectivity index (χ1n) is 6.69. The second-order valence-electron chi connectivity index (χ2n) is 5.00. The molecule has 4 heteroatoms. The van der Waals surface area contributed by atoms with Crippen molar-refractivity contribution >= 4 is 0 Å². The summed E-state index contributed by atoms with van der Waals surface area (Å²) < 4.78 is 0. The van der Waals surface area contributed by atoms with Crippen LogP contribution in [0.1, 0.15) is 29.5 Å². The van der Waals surface area contributed by atoms with E-state index in [2.05, 4.69) is 28.4 Å². The molecule has 0 saturated carbocycles. The predicted molar refractivity (Wildman–Crippen MR) is 74.8 cm³/mol. The van der Waals surface area contributed by atoms with Gasteiger partial charge in [0.25, 0.3) is 5.56 Å². The van der Waals surface area contributed by atoms with Gasteiger partial charge in [0.15, 0.2) is 0 Å². The minimum atomic E-state index is -0.204. The van der Waals surface area contributed by atoms with Crippen LogP contribution in [0.15, 0.2) is 29.1 Å². The predicted octanol–water partition coefficient (Wildman–Crippen LogP) is 1.77. The Kier molecular flexibility index (Phi) is 3.17. The van der Waals surface area contributed by atoms with Gasteiger partial charge in [-0.25, -0.2) is 5.10 Å². The highest BCUT2D eigenvalue weighted by Crippen LogP contribution is 2.26. The third-order valence-electron chi connectivity index (χ3n) is 3.74. The maximum absolute atomic E-state index is 11.5. The maximum Gasteiger partial charge on any atom is 0.268 e. The summed E-state index contributed by atoms with van der Waals surface area (Å²) in [5, 5.41) is 6.63. The summed E-state index contributed by atoms with van der Waals surface area (Å²) in [6.07, 6.45) is 4.84. The molecule has 19 heavy (non-hydrogen) atoms. The molecule has 1 aliphatic carbocycles. The average molecular weight is 255 g/mol. The molecule has 0 amide bonds. The third kappa shape index (κ3) is 2.31. The zero-order valence-corrected chi connectivity index (χ0v) is 10.8. The number of nitrogens with two attached hydrogens (primary N) is 1. The van der Waals surface area contributed by atoms with Crippen molar-refractivity contribution in [3.63, 3.8) is 0 Å². The van der Waals surface area contributed by atoms with Crippen molar-refractivity contribution in [3.8, 4) is 11.3 Å². The van der Waals surface area contributed by atoms with E-state index in [1.54, 1.807) is 6.07 Å². The van der Waals surface area contributed by atoms with Crippen LogP contribution in [0.4, 0.5) is 0 Å². The average Bonchev–Trinajstić information content (AvgIpc) is 2.47. The van der Waals surface area contributed by atoms with Crippen molar-refractivity contribution < 1.29 is 0 Å². The third-order valence-corrected chi connectivity index (χ3v) is 3.74. The molecule has 0 unspecified atom stereocenters. The van der Waals surface area contributed by atoms with Gasteiger partial charge in [0, 0.05) is 17.7 Å². The topological polar surface area (TPSA) is 71.8 Å². The number of benzene rings is 1. The van der Waals surface area contributed by atoms with Crippen LogP contribution in [0.25, 0.3) is 11.3 Å². The van der Waals surface area contributed by atoms with E-state index < -0.39 is 0 Å². The second kappa shape index (κ2) is 4.97. The first kappa shape index (κ1) is 12.1. The number of nitrogens with one attached hydrogen (secondary N) is 1. The lowest BCUT2D eigenvalue weighted by Gasteiger charge is -2.16. The summed E-state index contributed by atoms with van der Waals surface area (Å²) in [5.41, 5.74) is 10.6. The molecule has 2 aromatic rings. The minimum absolute atomic E-state index is 0.204. The number of aromatic nitrogens is 2. The summed E-state index contributed by atoms with van der Waals surface area (Å²) in [6.45, 7) is 0.232. The Hall–Kier alpha value is -1.94. The molecule has 1 aromatic heterocycles. The minimum Gasteiger partial charge on any atom is -0.326 e. The van der Waals surface area contributed by atoms with Crippen molar-refractivity contribution in [1.82, 2.24) is 10.2 Å². The monoisotopic (exact) mass is 255 g/mol. The maximum atomic E-state index is 11.5. The van der Waals surface area contributed by atoms with Crippen LogP contribution in [-0.2, 0) is 19.4 Å². The van der Waals surface area contributed by atoms with E-state index in [4.69, 9.17) is 5.73 Å². The van der Waals surface area contributed by atoms with Gasteiger partial charge in [0.1, 0.15) is 0 Å². The van der Waals surface area contributed by atoms with Crippen molar-refractivity contribution in [1.29, 1.82) is 0 Å². The molecule has 1 aromatic carbocycles. The van der Waals surface area contributed by atoms with Crippen LogP contribution in [0.3, 0.4) is 0 Å². The lowest BCUT2D eigenvalue weighted by molar-refractivity contribution is 0.686. The zero-order chi connectivity index (χ0) is 13.2. The van der Waals surface area contributed by atoms with Gasteiger partial charge >= 0.3 is 0 Å². The molecule has 0 aliphatic heterocycles. The molecule has 1 heterocycles. The lowest BCUT2D eigenvalue weighted by atomic mass is 9.90. The van der Waals surface area contributed by atoms with Gasteiger partial charge in [-0.1, -0.05) is 12.1 Å². The van der Waals surface area contributed by atoms with Crippen molar-refractivity contribution in [2.24, 2.45) is 5.73 Å². The fraction of sp³-hybridized carbons (Fsp3) is 0.333. The standard InChI is InChI=1S/C15H17N3O/c16-9-13-8-14(17-18-15(13)19)12-6-5-10-3-1-2-4-11(10)7-12/h5-8H,1-4,9,16H2,(H,18,19). The van der Waals surface area contributed by atoms with Crippen LogP contribution < -0.4 is 11.3 Å². The Bertz CT molecular complexity index is 661. The lowest BCUT2D eigenvalue weighted by Crippen LogP contribution is -2.17. The Balaban J connectivity index is 2.04. The fourth-order valence-electron chi connectivity index (χ4n) is 2.64. The Morgan fingerprint density at radius 2 is 1.95 bits per heavy atom.